The minimum Gasteiger partial charge on any atom is -0.506 e. The lowest BCUT2D eigenvalue weighted by Gasteiger charge is -2.07. The summed E-state index contributed by atoms with van der Waals surface area (Å²) in [5.74, 6) is 0.311. The summed E-state index contributed by atoms with van der Waals surface area (Å²) in [5, 5.41) is 12.2. The Labute approximate surface area is 82.8 Å². The van der Waals surface area contributed by atoms with Gasteiger partial charge in [-0.25, -0.2) is 0 Å². The normalized spacial score (nSPS) is 15.2. The second-order valence-corrected chi connectivity index (χ2v) is 3.78. The van der Waals surface area contributed by atoms with Gasteiger partial charge >= 0.3 is 0 Å². The van der Waals surface area contributed by atoms with E-state index < -0.39 is 0 Å². The molecule has 0 heterocycles. The number of phenols is 1. The van der Waals surface area contributed by atoms with Crippen LogP contribution < -0.4 is 5.32 Å². The van der Waals surface area contributed by atoms with Crippen LogP contribution >= 0.6 is 0 Å². The molecule has 1 fully saturated rings. The van der Waals surface area contributed by atoms with Gasteiger partial charge < -0.3 is 10.4 Å². The first-order valence-electron chi connectivity index (χ1n) is 4.77. The molecule has 1 aliphatic carbocycles. The largest absolute Gasteiger partial charge is 0.506 e. The number of hydrogen-bond donors (Lipinski definition) is 2. The highest BCUT2D eigenvalue weighted by atomic mass is 16.3. The number of carbonyl (C=O) groups excluding carboxylic acids is 1. The zero-order chi connectivity index (χ0) is 10.1. The van der Waals surface area contributed by atoms with Crippen molar-refractivity contribution in [3.05, 3.63) is 23.8 Å². The summed E-state index contributed by atoms with van der Waals surface area (Å²) in [6.45, 7) is 1.92. The van der Waals surface area contributed by atoms with Crippen molar-refractivity contribution < 1.29 is 9.90 Å². The fraction of sp³-hybridized carbons (Fsp3) is 0.364. The van der Waals surface area contributed by atoms with Crippen LogP contribution in [0.3, 0.4) is 0 Å². The SMILES string of the molecule is Cc1ccc(O)c(NC(=O)C2CC2)c1. The van der Waals surface area contributed by atoms with E-state index in [1.165, 1.54) is 0 Å². The number of hydrogen-bond acceptors (Lipinski definition) is 2. The van der Waals surface area contributed by atoms with Crippen LogP contribution in [0.2, 0.25) is 0 Å². The maximum atomic E-state index is 11.4. The van der Waals surface area contributed by atoms with Crippen LogP contribution in [0.5, 0.6) is 5.75 Å². The van der Waals surface area contributed by atoms with Gasteiger partial charge in [0.15, 0.2) is 0 Å². The number of nitrogens with one attached hydrogen (secondary N) is 1. The molecule has 0 radical (unpaired) electrons. The van der Waals surface area contributed by atoms with Crippen LogP contribution in [0, 0.1) is 12.8 Å². The Morgan fingerprint density at radius 1 is 1.50 bits per heavy atom. The number of anilines is 1. The zero-order valence-corrected chi connectivity index (χ0v) is 8.08. The number of rotatable bonds is 2. The van der Waals surface area contributed by atoms with Crippen LogP contribution in [0.15, 0.2) is 18.2 Å². The molecule has 2 rings (SSSR count). The molecule has 0 saturated heterocycles. The van der Waals surface area contributed by atoms with E-state index in [-0.39, 0.29) is 17.6 Å². The second-order valence-electron chi connectivity index (χ2n) is 3.78. The maximum absolute atomic E-state index is 11.4. The van der Waals surface area contributed by atoms with E-state index in [1.807, 2.05) is 13.0 Å². The number of carbonyl (C=O) groups is 1. The minimum atomic E-state index is 0.0194. The Hall–Kier alpha value is -1.51. The predicted molar refractivity (Wildman–Crippen MR) is 54.2 cm³/mol. The molecule has 0 aliphatic heterocycles. The topological polar surface area (TPSA) is 49.3 Å². The van der Waals surface area contributed by atoms with E-state index in [4.69, 9.17) is 0 Å². The molecule has 0 spiro atoms. The Kier molecular flexibility index (Phi) is 2.15. The van der Waals surface area contributed by atoms with Gasteiger partial charge in [0, 0.05) is 5.92 Å². The molecule has 0 atom stereocenters. The first-order chi connectivity index (χ1) is 6.66. The van der Waals surface area contributed by atoms with Gasteiger partial charge in [0.1, 0.15) is 5.75 Å². The first-order valence-corrected chi connectivity index (χ1v) is 4.77. The van der Waals surface area contributed by atoms with Crippen molar-refractivity contribution in [3.63, 3.8) is 0 Å². The fourth-order valence-electron chi connectivity index (χ4n) is 1.33. The van der Waals surface area contributed by atoms with Crippen LogP contribution in [-0.4, -0.2) is 11.0 Å². The lowest BCUT2D eigenvalue weighted by atomic mass is 10.2. The molecule has 0 aromatic heterocycles. The Morgan fingerprint density at radius 2 is 2.21 bits per heavy atom. The van der Waals surface area contributed by atoms with Gasteiger partial charge in [0.25, 0.3) is 0 Å². The van der Waals surface area contributed by atoms with Gasteiger partial charge in [-0.2, -0.15) is 0 Å². The highest BCUT2D eigenvalue weighted by Gasteiger charge is 2.29. The van der Waals surface area contributed by atoms with Crippen molar-refractivity contribution in [1.82, 2.24) is 0 Å². The molecular weight excluding hydrogens is 178 g/mol. The molecule has 3 nitrogen and oxygen atoms in total. The van der Waals surface area contributed by atoms with E-state index in [0.29, 0.717) is 5.69 Å². The number of amides is 1. The highest BCUT2D eigenvalue weighted by molar-refractivity contribution is 5.95. The number of benzene rings is 1. The molecule has 3 heteroatoms. The van der Waals surface area contributed by atoms with Crippen molar-refractivity contribution >= 4 is 11.6 Å². The van der Waals surface area contributed by atoms with Crippen molar-refractivity contribution in [2.24, 2.45) is 5.92 Å². The molecule has 0 bridgehead atoms. The summed E-state index contributed by atoms with van der Waals surface area (Å²) in [6, 6.07) is 5.18. The van der Waals surface area contributed by atoms with Gasteiger partial charge in [0.2, 0.25) is 5.91 Å². The zero-order valence-electron chi connectivity index (χ0n) is 8.08. The van der Waals surface area contributed by atoms with Gasteiger partial charge in [-0.15, -0.1) is 0 Å². The molecule has 14 heavy (non-hydrogen) atoms. The van der Waals surface area contributed by atoms with E-state index in [0.717, 1.165) is 18.4 Å². The van der Waals surface area contributed by atoms with Crippen molar-refractivity contribution in [2.45, 2.75) is 19.8 Å². The quantitative estimate of drug-likeness (QED) is 0.703. The van der Waals surface area contributed by atoms with Gasteiger partial charge in [-0.3, -0.25) is 4.79 Å². The molecular formula is C11H13NO2. The highest BCUT2D eigenvalue weighted by Crippen LogP contribution is 2.32. The van der Waals surface area contributed by atoms with Gasteiger partial charge in [0.05, 0.1) is 5.69 Å². The van der Waals surface area contributed by atoms with Crippen LogP contribution in [0.4, 0.5) is 5.69 Å². The average molecular weight is 191 g/mol. The first kappa shape index (κ1) is 9.06. The Morgan fingerprint density at radius 3 is 2.86 bits per heavy atom. The van der Waals surface area contributed by atoms with E-state index >= 15 is 0 Å². The third kappa shape index (κ3) is 1.87. The van der Waals surface area contributed by atoms with E-state index in [9.17, 15) is 9.90 Å². The lowest BCUT2D eigenvalue weighted by molar-refractivity contribution is -0.117. The minimum absolute atomic E-state index is 0.0194. The smallest absolute Gasteiger partial charge is 0.227 e. The number of aryl methyl sites for hydroxylation is 1. The lowest BCUT2D eigenvalue weighted by Crippen LogP contribution is -2.13. The molecule has 1 aromatic carbocycles. The number of aromatic hydroxyl groups is 1. The maximum Gasteiger partial charge on any atom is 0.227 e. The summed E-state index contributed by atoms with van der Waals surface area (Å²) in [7, 11) is 0. The van der Waals surface area contributed by atoms with Gasteiger partial charge in [-0.1, -0.05) is 6.07 Å². The van der Waals surface area contributed by atoms with E-state index in [1.54, 1.807) is 12.1 Å². The summed E-state index contributed by atoms with van der Waals surface area (Å²) < 4.78 is 0. The van der Waals surface area contributed by atoms with Crippen molar-refractivity contribution in [1.29, 1.82) is 0 Å². The molecule has 0 unspecified atom stereocenters. The summed E-state index contributed by atoms with van der Waals surface area (Å²) in [6.07, 6.45) is 1.94. The monoisotopic (exact) mass is 191 g/mol. The third-order valence-corrected chi connectivity index (χ3v) is 2.36. The predicted octanol–water partition coefficient (Wildman–Crippen LogP) is 2.05. The fourth-order valence-corrected chi connectivity index (χ4v) is 1.33. The molecule has 1 aliphatic rings. The average Bonchev–Trinajstić information content (AvgIpc) is 2.94. The second kappa shape index (κ2) is 3.33. The number of phenolic OH excluding ortho intramolecular Hbond substituents is 1. The molecule has 1 saturated carbocycles. The summed E-state index contributed by atoms with van der Waals surface area (Å²) >= 11 is 0. The summed E-state index contributed by atoms with van der Waals surface area (Å²) in [5.41, 5.74) is 1.54. The Bertz CT molecular complexity index is 370. The van der Waals surface area contributed by atoms with Crippen LogP contribution in [0.25, 0.3) is 0 Å². The molecule has 2 N–H and O–H groups in total. The molecule has 1 aromatic rings. The standard InChI is InChI=1S/C11H13NO2/c1-7-2-5-10(13)9(6-7)12-11(14)8-3-4-8/h2,5-6,8,13H,3-4H2,1H3,(H,12,14). The van der Waals surface area contributed by atoms with Gasteiger partial charge in [-0.05, 0) is 37.5 Å². The molecule has 74 valence electrons. The van der Waals surface area contributed by atoms with Crippen molar-refractivity contribution in [3.8, 4) is 5.75 Å². The third-order valence-electron chi connectivity index (χ3n) is 2.36. The van der Waals surface area contributed by atoms with E-state index in [2.05, 4.69) is 5.32 Å². The molecule has 1 amide bonds. The summed E-state index contributed by atoms with van der Waals surface area (Å²) in [4.78, 5) is 11.4. The Balaban J connectivity index is 2.14. The van der Waals surface area contributed by atoms with Crippen LogP contribution in [-0.2, 0) is 4.79 Å². The van der Waals surface area contributed by atoms with Crippen LogP contribution in [0.1, 0.15) is 18.4 Å². The van der Waals surface area contributed by atoms with Crippen molar-refractivity contribution in [2.75, 3.05) is 5.32 Å².